The van der Waals surface area contributed by atoms with Crippen molar-refractivity contribution < 1.29 is 23.2 Å². The second-order valence-electron chi connectivity index (χ2n) is 8.62. The minimum absolute atomic E-state index is 0.147. The standard InChI is InChI=1S/C16H35NO5Si2/c1-16(2,12-21-23(4,5)6)14(22-24(7,8)9)15(19)17-11-10-13(18)20-3/h14H,10-12H2,1-9H3,(H,17,19)/t14-/m0/s1. The summed E-state index contributed by atoms with van der Waals surface area (Å²) in [5, 5.41) is 2.79. The Morgan fingerprint density at radius 1 is 1.04 bits per heavy atom. The number of rotatable bonds is 10. The molecule has 0 aliphatic carbocycles. The largest absolute Gasteiger partial charge is 0.469 e. The van der Waals surface area contributed by atoms with Crippen LogP contribution >= 0.6 is 0 Å². The summed E-state index contributed by atoms with van der Waals surface area (Å²) in [6.45, 7) is 17.2. The zero-order chi connectivity index (χ0) is 19.2. The van der Waals surface area contributed by atoms with E-state index in [-0.39, 0.29) is 24.8 Å². The molecule has 0 aromatic carbocycles. The van der Waals surface area contributed by atoms with Gasteiger partial charge in [-0.05, 0) is 39.3 Å². The summed E-state index contributed by atoms with van der Waals surface area (Å²) in [6, 6.07) is 0. The van der Waals surface area contributed by atoms with Crippen LogP contribution in [0.15, 0.2) is 0 Å². The molecule has 6 nitrogen and oxygen atoms in total. The molecule has 0 radical (unpaired) electrons. The van der Waals surface area contributed by atoms with E-state index in [0.29, 0.717) is 6.61 Å². The van der Waals surface area contributed by atoms with E-state index < -0.39 is 28.2 Å². The quantitative estimate of drug-likeness (QED) is 0.468. The molecule has 0 saturated heterocycles. The summed E-state index contributed by atoms with van der Waals surface area (Å²) in [4.78, 5) is 23.8. The van der Waals surface area contributed by atoms with Crippen LogP contribution in [-0.4, -0.2) is 54.9 Å². The SMILES string of the molecule is COC(=O)CCNC(=O)[C@H](O[Si](C)(C)C)C(C)(C)CO[Si](C)(C)C. The molecule has 0 aliphatic rings. The van der Waals surface area contributed by atoms with E-state index in [1.54, 1.807) is 0 Å². The van der Waals surface area contributed by atoms with Crippen LogP contribution in [0.5, 0.6) is 0 Å². The first kappa shape index (κ1) is 23.3. The lowest BCUT2D eigenvalue weighted by atomic mass is 9.87. The van der Waals surface area contributed by atoms with Crippen molar-refractivity contribution in [3.63, 3.8) is 0 Å². The molecule has 0 unspecified atom stereocenters. The molecule has 8 heteroatoms. The van der Waals surface area contributed by atoms with Crippen LogP contribution in [0.2, 0.25) is 39.3 Å². The third kappa shape index (κ3) is 10.2. The van der Waals surface area contributed by atoms with Gasteiger partial charge in [0.2, 0.25) is 5.91 Å². The fourth-order valence-electron chi connectivity index (χ4n) is 1.88. The first-order valence-electron chi connectivity index (χ1n) is 8.34. The Balaban J connectivity index is 5.01. The highest BCUT2D eigenvalue weighted by molar-refractivity contribution is 6.70. The molecule has 0 aliphatic heterocycles. The van der Waals surface area contributed by atoms with Crippen LogP contribution in [-0.2, 0) is 23.2 Å². The number of methoxy groups -OCH3 is 1. The van der Waals surface area contributed by atoms with Crippen molar-refractivity contribution in [2.24, 2.45) is 5.41 Å². The Morgan fingerprint density at radius 2 is 1.58 bits per heavy atom. The monoisotopic (exact) mass is 377 g/mol. The van der Waals surface area contributed by atoms with Crippen molar-refractivity contribution in [2.75, 3.05) is 20.3 Å². The summed E-state index contributed by atoms with van der Waals surface area (Å²) in [5.74, 6) is -0.551. The van der Waals surface area contributed by atoms with Gasteiger partial charge in [-0.2, -0.15) is 0 Å². The Labute approximate surface area is 148 Å². The molecule has 0 aromatic heterocycles. The molecule has 1 amide bonds. The minimum atomic E-state index is -1.93. The van der Waals surface area contributed by atoms with Gasteiger partial charge in [0.1, 0.15) is 6.10 Å². The molecule has 0 spiro atoms. The maximum atomic E-state index is 12.7. The Morgan fingerprint density at radius 3 is 2.00 bits per heavy atom. The first-order chi connectivity index (χ1) is 10.7. The molecule has 1 N–H and O–H groups in total. The van der Waals surface area contributed by atoms with Crippen molar-refractivity contribution in [1.82, 2.24) is 5.32 Å². The number of esters is 1. The van der Waals surface area contributed by atoms with Crippen LogP contribution in [0, 0.1) is 5.41 Å². The van der Waals surface area contributed by atoms with Gasteiger partial charge >= 0.3 is 5.97 Å². The van der Waals surface area contributed by atoms with Gasteiger partial charge in [-0.1, -0.05) is 13.8 Å². The Hall–Kier alpha value is -0.706. The lowest BCUT2D eigenvalue weighted by molar-refractivity contribution is -0.141. The topological polar surface area (TPSA) is 73.9 Å². The maximum absolute atomic E-state index is 12.7. The average molecular weight is 378 g/mol. The van der Waals surface area contributed by atoms with Crippen LogP contribution in [0.1, 0.15) is 20.3 Å². The summed E-state index contributed by atoms with van der Waals surface area (Å²) < 4.78 is 16.8. The van der Waals surface area contributed by atoms with Gasteiger partial charge in [-0.3, -0.25) is 9.59 Å². The second-order valence-corrected chi connectivity index (χ2v) is 17.6. The molecular formula is C16H35NO5Si2. The molecule has 142 valence electrons. The highest BCUT2D eigenvalue weighted by Crippen LogP contribution is 2.28. The minimum Gasteiger partial charge on any atom is -0.469 e. The van der Waals surface area contributed by atoms with Gasteiger partial charge < -0.3 is 18.9 Å². The van der Waals surface area contributed by atoms with Gasteiger partial charge in [0.25, 0.3) is 0 Å². The summed E-state index contributed by atoms with van der Waals surface area (Å²) in [7, 11) is -2.29. The van der Waals surface area contributed by atoms with E-state index in [1.165, 1.54) is 7.11 Å². The van der Waals surface area contributed by atoms with Crippen LogP contribution < -0.4 is 5.32 Å². The third-order valence-electron chi connectivity index (χ3n) is 3.15. The zero-order valence-electron chi connectivity index (χ0n) is 16.7. The van der Waals surface area contributed by atoms with Gasteiger partial charge in [-0.15, -0.1) is 0 Å². The number of hydrogen-bond acceptors (Lipinski definition) is 5. The number of amides is 1. The Bertz CT molecular complexity index is 427. The van der Waals surface area contributed by atoms with Gasteiger partial charge in [0.15, 0.2) is 16.6 Å². The average Bonchev–Trinajstić information content (AvgIpc) is 2.40. The summed E-state index contributed by atoms with van der Waals surface area (Å²) >= 11 is 0. The van der Waals surface area contributed by atoms with Crippen molar-refractivity contribution in [3.05, 3.63) is 0 Å². The third-order valence-corrected chi connectivity index (χ3v) is 5.11. The number of carbonyl (C=O) groups excluding carboxylic acids is 2. The van der Waals surface area contributed by atoms with Crippen molar-refractivity contribution in [2.45, 2.75) is 65.7 Å². The molecule has 0 rings (SSSR count). The van der Waals surface area contributed by atoms with Crippen LogP contribution in [0.25, 0.3) is 0 Å². The fraction of sp³-hybridized carbons (Fsp3) is 0.875. The van der Waals surface area contributed by atoms with E-state index in [4.69, 9.17) is 8.85 Å². The highest BCUT2D eigenvalue weighted by Gasteiger charge is 2.40. The van der Waals surface area contributed by atoms with E-state index in [2.05, 4.69) is 49.3 Å². The van der Waals surface area contributed by atoms with Crippen LogP contribution in [0.3, 0.4) is 0 Å². The lowest BCUT2D eigenvalue weighted by Gasteiger charge is -2.38. The molecule has 0 heterocycles. The first-order valence-corrected chi connectivity index (χ1v) is 15.2. The summed E-state index contributed by atoms with van der Waals surface area (Å²) in [6.07, 6.45) is -0.466. The number of carbonyl (C=O) groups is 2. The van der Waals surface area contributed by atoms with Crippen molar-refractivity contribution in [1.29, 1.82) is 0 Å². The van der Waals surface area contributed by atoms with Crippen molar-refractivity contribution >= 4 is 28.5 Å². The van der Waals surface area contributed by atoms with E-state index in [0.717, 1.165) is 0 Å². The number of ether oxygens (including phenoxy) is 1. The van der Waals surface area contributed by atoms with Crippen molar-refractivity contribution in [3.8, 4) is 0 Å². The lowest BCUT2D eigenvalue weighted by Crippen LogP contribution is -2.52. The predicted octanol–water partition coefficient (Wildman–Crippen LogP) is 2.76. The zero-order valence-corrected chi connectivity index (χ0v) is 18.7. The number of hydrogen-bond donors (Lipinski definition) is 1. The summed E-state index contributed by atoms with van der Waals surface area (Å²) in [5.41, 5.74) is -0.462. The maximum Gasteiger partial charge on any atom is 0.307 e. The molecule has 0 saturated carbocycles. The van der Waals surface area contributed by atoms with Gasteiger partial charge in [-0.25, -0.2) is 0 Å². The smallest absolute Gasteiger partial charge is 0.307 e. The fourth-order valence-corrected chi connectivity index (χ4v) is 3.82. The second kappa shape index (κ2) is 9.12. The predicted molar refractivity (Wildman–Crippen MR) is 101 cm³/mol. The normalized spacial score (nSPS) is 14.2. The Kier molecular flexibility index (Phi) is 8.85. The molecule has 1 atom stereocenters. The van der Waals surface area contributed by atoms with E-state index in [9.17, 15) is 9.59 Å². The van der Waals surface area contributed by atoms with Crippen LogP contribution in [0.4, 0.5) is 0 Å². The van der Waals surface area contributed by atoms with E-state index >= 15 is 0 Å². The molecule has 0 bridgehead atoms. The van der Waals surface area contributed by atoms with Gasteiger partial charge in [0, 0.05) is 18.6 Å². The molecular weight excluding hydrogens is 342 g/mol. The molecule has 0 fully saturated rings. The molecule has 24 heavy (non-hydrogen) atoms. The van der Waals surface area contributed by atoms with E-state index in [1.807, 2.05) is 13.8 Å². The van der Waals surface area contributed by atoms with Gasteiger partial charge in [0.05, 0.1) is 13.5 Å². The number of nitrogens with one attached hydrogen (secondary N) is 1. The molecule has 0 aromatic rings. The highest BCUT2D eigenvalue weighted by atomic mass is 28.4.